The van der Waals surface area contributed by atoms with Crippen LogP contribution in [0.3, 0.4) is 0 Å². The molecule has 1 atom stereocenters. The zero-order valence-corrected chi connectivity index (χ0v) is 12.4. The fourth-order valence-corrected chi connectivity index (χ4v) is 2.96. The Labute approximate surface area is 132 Å². The Balaban J connectivity index is 1.70. The van der Waals surface area contributed by atoms with Gasteiger partial charge in [-0.05, 0) is 30.9 Å². The second kappa shape index (κ2) is 6.55. The maximum absolute atomic E-state index is 12.3. The number of carbonyl (C=O) groups is 2. The summed E-state index contributed by atoms with van der Waals surface area (Å²) >= 11 is 0. The number of carboxylic acid groups (broad SMARTS) is 1. The van der Waals surface area contributed by atoms with Gasteiger partial charge in [-0.1, -0.05) is 12.8 Å². The van der Waals surface area contributed by atoms with E-state index in [9.17, 15) is 14.7 Å². The van der Waals surface area contributed by atoms with E-state index in [-0.39, 0.29) is 5.92 Å². The summed E-state index contributed by atoms with van der Waals surface area (Å²) < 4.78 is 1.49. The third kappa shape index (κ3) is 3.36. The van der Waals surface area contributed by atoms with E-state index in [2.05, 4.69) is 20.4 Å². The number of nitrogens with one attached hydrogen (secondary N) is 1. The Morgan fingerprint density at radius 2 is 2.09 bits per heavy atom. The molecule has 8 heteroatoms. The Bertz CT molecular complexity index is 678. The van der Waals surface area contributed by atoms with Gasteiger partial charge in [0.1, 0.15) is 18.6 Å². The maximum Gasteiger partial charge on any atom is 0.316 e. The molecule has 3 rings (SSSR count). The number of hydrogen-bond acceptors (Lipinski definition) is 5. The van der Waals surface area contributed by atoms with Crippen LogP contribution in [0.1, 0.15) is 25.7 Å². The summed E-state index contributed by atoms with van der Waals surface area (Å²) in [5, 5.41) is 16.0. The number of hydrogen-bond donors (Lipinski definition) is 2. The van der Waals surface area contributed by atoms with Crippen molar-refractivity contribution in [1.29, 1.82) is 0 Å². The van der Waals surface area contributed by atoms with E-state index in [0.717, 1.165) is 25.7 Å². The van der Waals surface area contributed by atoms with Crippen LogP contribution < -0.4 is 5.32 Å². The number of aliphatic carboxylic acids is 1. The van der Waals surface area contributed by atoms with Crippen LogP contribution in [0.2, 0.25) is 0 Å². The van der Waals surface area contributed by atoms with Crippen molar-refractivity contribution in [2.24, 2.45) is 11.8 Å². The van der Waals surface area contributed by atoms with Crippen molar-refractivity contribution in [3.8, 4) is 5.82 Å². The molecule has 2 aromatic rings. The van der Waals surface area contributed by atoms with Gasteiger partial charge in [-0.2, -0.15) is 5.10 Å². The Kier molecular flexibility index (Phi) is 4.31. The molecular weight excluding hydrogens is 298 g/mol. The SMILES string of the molecule is O=C(O)C(C(=O)Nc1ccc(-n2cncn2)nc1)C1CCCC1. The molecule has 8 nitrogen and oxygen atoms in total. The molecule has 1 aliphatic rings. The second-order valence-electron chi connectivity index (χ2n) is 5.59. The third-order valence-corrected chi connectivity index (χ3v) is 4.09. The molecule has 2 N–H and O–H groups in total. The number of aromatic nitrogens is 4. The number of amides is 1. The van der Waals surface area contributed by atoms with Crippen molar-refractivity contribution in [2.45, 2.75) is 25.7 Å². The summed E-state index contributed by atoms with van der Waals surface area (Å²) in [7, 11) is 0. The molecule has 0 aliphatic heterocycles. The first kappa shape index (κ1) is 15.1. The molecule has 0 aromatic carbocycles. The van der Waals surface area contributed by atoms with Gasteiger partial charge in [0.15, 0.2) is 5.82 Å². The molecule has 2 heterocycles. The summed E-state index contributed by atoms with van der Waals surface area (Å²) in [5.41, 5.74) is 0.461. The second-order valence-corrected chi connectivity index (χ2v) is 5.59. The quantitative estimate of drug-likeness (QED) is 0.809. The van der Waals surface area contributed by atoms with Gasteiger partial charge in [-0.25, -0.2) is 14.6 Å². The van der Waals surface area contributed by atoms with Crippen molar-refractivity contribution in [1.82, 2.24) is 19.7 Å². The zero-order chi connectivity index (χ0) is 16.2. The first-order valence-corrected chi connectivity index (χ1v) is 7.50. The predicted octanol–water partition coefficient (Wildman–Crippen LogP) is 1.49. The summed E-state index contributed by atoms with van der Waals surface area (Å²) in [6.07, 6.45) is 7.92. The van der Waals surface area contributed by atoms with Crippen molar-refractivity contribution in [3.63, 3.8) is 0 Å². The molecule has 1 aliphatic carbocycles. The predicted molar refractivity (Wildman–Crippen MR) is 80.9 cm³/mol. The van der Waals surface area contributed by atoms with E-state index < -0.39 is 17.8 Å². The van der Waals surface area contributed by atoms with Crippen molar-refractivity contribution in [3.05, 3.63) is 31.0 Å². The molecule has 1 saturated carbocycles. The number of carbonyl (C=O) groups excluding carboxylic acids is 1. The summed E-state index contributed by atoms with van der Waals surface area (Å²) in [6.45, 7) is 0. The Morgan fingerprint density at radius 1 is 1.30 bits per heavy atom. The molecule has 0 radical (unpaired) electrons. The highest BCUT2D eigenvalue weighted by atomic mass is 16.4. The minimum atomic E-state index is -1.07. The first-order valence-electron chi connectivity index (χ1n) is 7.50. The summed E-state index contributed by atoms with van der Waals surface area (Å²) in [5.74, 6) is -2.09. The standard InChI is InChI=1S/C15H17N5O3/c21-14(13(15(22)23)10-3-1-2-4-10)19-11-5-6-12(17-7-11)20-9-16-8-18-20/h5-10,13H,1-4H2,(H,19,21)(H,22,23). The van der Waals surface area contributed by atoms with Crippen molar-refractivity contribution >= 4 is 17.6 Å². The minimum absolute atomic E-state index is 0.0881. The van der Waals surface area contributed by atoms with Crippen molar-refractivity contribution in [2.75, 3.05) is 5.32 Å². The lowest BCUT2D eigenvalue weighted by Crippen LogP contribution is -2.34. The minimum Gasteiger partial charge on any atom is -0.481 e. The van der Waals surface area contributed by atoms with Gasteiger partial charge in [0, 0.05) is 0 Å². The van der Waals surface area contributed by atoms with Gasteiger partial charge in [-0.15, -0.1) is 0 Å². The molecule has 23 heavy (non-hydrogen) atoms. The lowest BCUT2D eigenvalue weighted by atomic mass is 9.90. The topological polar surface area (TPSA) is 110 Å². The smallest absolute Gasteiger partial charge is 0.316 e. The van der Waals surface area contributed by atoms with Gasteiger partial charge in [0.2, 0.25) is 5.91 Å². The molecule has 2 aromatic heterocycles. The molecule has 1 amide bonds. The molecule has 1 fully saturated rings. The van der Waals surface area contributed by atoms with Gasteiger partial charge >= 0.3 is 5.97 Å². The van der Waals surface area contributed by atoms with Crippen LogP contribution in [-0.2, 0) is 9.59 Å². The first-order chi connectivity index (χ1) is 11.1. The van der Waals surface area contributed by atoms with E-state index in [4.69, 9.17) is 0 Å². The van der Waals surface area contributed by atoms with Crippen LogP contribution in [0.5, 0.6) is 0 Å². The van der Waals surface area contributed by atoms with Crippen LogP contribution in [0, 0.1) is 11.8 Å². The number of anilines is 1. The maximum atomic E-state index is 12.3. The fourth-order valence-electron chi connectivity index (χ4n) is 2.96. The highest BCUT2D eigenvalue weighted by molar-refractivity contribution is 6.04. The van der Waals surface area contributed by atoms with Crippen LogP contribution in [-0.4, -0.2) is 36.7 Å². The van der Waals surface area contributed by atoms with Crippen LogP contribution in [0.15, 0.2) is 31.0 Å². The monoisotopic (exact) mass is 315 g/mol. The van der Waals surface area contributed by atoms with E-state index in [1.807, 2.05) is 0 Å². The number of rotatable bonds is 5. The third-order valence-electron chi connectivity index (χ3n) is 4.09. The van der Waals surface area contributed by atoms with Crippen molar-refractivity contribution < 1.29 is 14.7 Å². The summed E-state index contributed by atoms with van der Waals surface area (Å²) in [6, 6.07) is 3.34. The van der Waals surface area contributed by atoms with E-state index in [1.54, 1.807) is 12.1 Å². The van der Waals surface area contributed by atoms with Crippen LogP contribution in [0.4, 0.5) is 5.69 Å². The van der Waals surface area contributed by atoms with E-state index in [1.165, 1.54) is 23.5 Å². The molecule has 0 bridgehead atoms. The molecule has 120 valence electrons. The summed E-state index contributed by atoms with van der Waals surface area (Å²) in [4.78, 5) is 31.7. The van der Waals surface area contributed by atoms with Gasteiger partial charge in [0.25, 0.3) is 0 Å². The van der Waals surface area contributed by atoms with Crippen LogP contribution in [0.25, 0.3) is 5.82 Å². The Morgan fingerprint density at radius 3 is 2.65 bits per heavy atom. The van der Waals surface area contributed by atoms with Gasteiger partial charge in [-0.3, -0.25) is 9.59 Å². The molecular formula is C15H17N5O3. The Hall–Kier alpha value is -2.77. The lowest BCUT2D eigenvalue weighted by Gasteiger charge is -2.18. The number of carboxylic acids is 1. The van der Waals surface area contributed by atoms with Gasteiger partial charge in [0.05, 0.1) is 11.9 Å². The number of nitrogens with zero attached hydrogens (tertiary/aromatic N) is 4. The highest BCUT2D eigenvalue weighted by Gasteiger charge is 2.36. The molecule has 1 unspecified atom stereocenters. The normalized spacial score (nSPS) is 16.2. The zero-order valence-electron chi connectivity index (χ0n) is 12.4. The fraction of sp³-hybridized carbons (Fsp3) is 0.400. The lowest BCUT2D eigenvalue weighted by molar-refractivity contribution is -0.147. The number of pyridine rings is 1. The average Bonchev–Trinajstić information content (AvgIpc) is 3.21. The molecule has 0 saturated heterocycles. The largest absolute Gasteiger partial charge is 0.481 e. The van der Waals surface area contributed by atoms with Gasteiger partial charge < -0.3 is 10.4 Å². The van der Waals surface area contributed by atoms with Crippen LogP contribution >= 0.6 is 0 Å². The molecule has 0 spiro atoms. The van der Waals surface area contributed by atoms with E-state index >= 15 is 0 Å². The van der Waals surface area contributed by atoms with E-state index in [0.29, 0.717) is 11.5 Å². The highest BCUT2D eigenvalue weighted by Crippen LogP contribution is 2.32. The average molecular weight is 315 g/mol.